The van der Waals surface area contributed by atoms with Crippen LogP contribution in [0.2, 0.25) is 0 Å². The molecule has 3 aromatic rings. The van der Waals surface area contributed by atoms with Gasteiger partial charge in [-0.15, -0.1) is 0 Å². The van der Waals surface area contributed by atoms with Gasteiger partial charge in [0.2, 0.25) is 0 Å². The fraction of sp³-hybridized carbons (Fsp3) is 0.143. The van der Waals surface area contributed by atoms with Gasteiger partial charge in [0.1, 0.15) is 23.5 Å². The average Bonchev–Trinajstić information content (AvgIpc) is 2.67. The molecule has 0 bridgehead atoms. The van der Waals surface area contributed by atoms with Gasteiger partial charge in [-0.1, -0.05) is 24.3 Å². The highest BCUT2D eigenvalue weighted by molar-refractivity contribution is 5.49. The standard InChI is InChI=1S/C21H19F2NO2/c1-26-19-12-10-18(11-13-19)24-20(14-2-6-16(22)7-3-14)21(25)15-4-8-17(23)9-5-15/h2-13,20-21,24-25H,1H3. The summed E-state index contributed by atoms with van der Waals surface area (Å²) in [6, 6.07) is 18.3. The smallest absolute Gasteiger partial charge is 0.123 e. The lowest BCUT2D eigenvalue weighted by Crippen LogP contribution is -2.19. The van der Waals surface area contributed by atoms with Crippen LogP contribution in [0, 0.1) is 11.6 Å². The van der Waals surface area contributed by atoms with E-state index in [0.717, 1.165) is 5.69 Å². The Bertz CT molecular complexity index is 833. The Kier molecular flexibility index (Phi) is 5.49. The van der Waals surface area contributed by atoms with E-state index in [1.165, 1.54) is 36.4 Å². The maximum Gasteiger partial charge on any atom is 0.123 e. The van der Waals surface area contributed by atoms with Crippen LogP contribution in [-0.2, 0) is 0 Å². The van der Waals surface area contributed by atoms with E-state index in [1.54, 1.807) is 31.4 Å². The number of halogens is 2. The number of nitrogens with one attached hydrogen (secondary N) is 1. The van der Waals surface area contributed by atoms with Gasteiger partial charge in [-0.2, -0.15) is 0 Å². The minimum Gasteiger partial charge on any atom is -0.497 e. The molecule has 3 nitrogen and oxygen atoms in total. The van der Waals surface area contributed by atoms with Gasteiger partial charge in [-0.3, -0.25) is 0 Å². The van der Waals surface area contributed by atoms with E-state index in [0.29, 0.717) is 16.9 Å². The lowest BCUT2D eigenvalue weighted by Gasteiger charge is -2.26. The second-order valence-corrected chi connectivity index (χ2v) is 5.90. The molecule has 0 aliphatic carbocycles. The van der Waals surface area contributed by atoms with Gasteiger partial charge < -0.3 is 15.2 Å². The Hall–Kier alpha value is -2.92. The minimum atomic E-state index is -0.955. The zero-order chi connectivity index (χ0) is 18.5. The number of aliphatic hydroxyl groups is 1. The highest BCUT2D eigenvalue weighted by Crippen LogP contribution is 2.33. The lowest BCUT2D eigenvalue weighted by atomic mass is 9.95. The summed E-state index contributed by atoms with van der Waals surface area (Å²) in [7, 11) is 1.59. The fourth-order valence-electron chi connectivity index (χ4n) is 2.73. The molecule has 0 aromatic heterocycles. The van der Waals surface area contributed by atoms with Gasteiger partial charge in [-0.05, 0) is 59.7 Å². The fourth-order valence-corrected chi connectivity index (χ4v) is 2.73. The second-order valence-electron chi connectivity index (χ2n) is 5.90. The molecule has 5 heteroatoms. The molecule has 0 amide bonds. The first-order valence-corrected chi connectivity index (χ1v) is 8.16. The van der Waals surface area contributed by atoms with Crippen molar-refractivity contribution >= 4 is 5.69 Å². The highest BCUT2D eigenvalue weighted by atomic mass is 19.1. The molecule has 0 aliphatic heterocycles. The number of anilines is 1. The molecule has 0 aliphatic rings. The number of methoxy groups -OCH3 is 1. The molecule has 0 heterocycles. The maximum atomic E-state index is 13.3. The van der Waals surface area contributed by atoms with E-state index in [9.17, 15) is 13.9 Å². The lowest BCUT2D eigenvalue weighted by molar-refractivity contribution is 0.155. The van der Waals surface area contributed by atoms with Gasteiger partial charge in [0, 0.05) is 5.69 Å². The number of aliphatic hydroxyl groups excluding tert-OH is 1. The molecule has 0 fully saturated rings. The molecular formula is C21H19F2NO2. The molecule has 0 saturated carbocycles. The molecule has 2 atom stereocenters. The molecule has 3 aromatic carbocycles. The molecule has 3 rings (SSSR count). The van der Waals surface area contributed by atoms with Crippen LogP contribution in [0.1, 0.15) is 23.3 Å². The number of benzene rings is 3. The van der Waals surface area contributed by atoms with Crippen LogP contribution < -0.4 is 10.1 Å². The molecule has 2 N–H and O–H groups in total. The summed E-state index contributed by atoms with van der Waals surface area (Å²) >= 11 is 0. The van der Waals surface area contributed by atoms with Crippen molar-refractivity contribution in [3.8, 4) is 5.75 Å². The topological polar surface area (TPSA) is 41.5 Å². The third-order valence-electron chi connectivity index (χ3n) is 4.17. The van der Waals surface area contributed by atoms with E-state index >= 15 is 0 Å². The Morgan fingerprint density at radius 2 is 1.27 bits per heavy atom. The largest absolute Gasteiger partial charge is 0.497 e. The van der Waals surface area contributed by atoms with Crippen LogP contribution in [0.3, 0.4) is 0 Å². The van der Waals surface area contributed by atoms with E-state index in [-0.39, 0.29) is 11.6 Å². The van der Waals surface area contributed by atoms with E-state index < -0.39 is 12.1 Å². The van der Waals surface area contributed by atoms with Crippen molar-refractivity contribution in [3.63, 3.8) is 0 Å². The Morgan fingerprint density at radius 1 is 0.769 bits per heavy atom. The van der Waals surface area contributed by atoms with Crippen LogP contribution in [-0.4, -0.2) is 12.2 Å². The van der Waals surface area contributed by atoms with Crippen molar-refractivity contribution < 1.29 is 18.6 Å². The number of rotatable bonds is 6. The summed E-state index contributed by atoms with van der Waals surface area (Å²) in [4.78, 5) is 0. The molecule has 2 unspecified atom stereocenters. The Labute approximate surface area is 150 Å². The maximum absolute atomic E-state index is 13.3. The summed E-state index contributed by atoms with van der Waals surface area (Å²) in [6.45, 7) is 0. The SMILES string of the molecule is COc1ccc(NC(c2ccc(F)cc2)C(O)c2ccc(F)cc2)cc1. The van der Waals surface area contributed by atoms with Gasteiger partial charge in [0.05, 0.1) is 13.2 Å². The summed E-state index contributed by atoms with van der Waals surface area (Å²) in [5.41, 5.74) is 2.03. The molecule has 0 spiro atoms. The van der Waals surface area contributed by atoms with Gasteiger partial charge in [0.15, 0.2) is 0 Å². The summed E-state index contributed by atoms with van der Waals surface area (Å²) < 4.78 is 31.6. The Morgan fingerprint density at radius 3 is 1.77 bits per heavy atom. The second kappa shape index (κ2) is 7.97. The quantitative estimate of drug-likeness (QED) is 0.663. The van der Waals surface area contributed by atoms with E-state index in [1.807, 2.05) is 12.1 Å². The number of ether oxygens (including phenoxy) is 1. The summed E-state index contributed by atoms with van der Waals surface area (Å²) in [5, 5.41) is 14.1. The van der Waals surface area contributed by atoms with Crippen molar-refractivity contribution in [2.24, 2.45) is 0 Å². The molecule has 26 heavy (non-hydrogen) atoms. The monoisotopic (exact) mass is 355 g/mol. The third kappa shape index (κ3) is 4.18. The molecule has 0 radical (unpaired) electrons. The first-order chi connectivity index (χ1) is 12.6. The zero-order valence-corrected chi connectivity index (χ0v) is 14.2. The molecule has 0 saturated heterocycles. The molecule has 134 valence electrons. The molecular weight excluding hydrogens is 336 g/mol. The van der Waals surface area contributed by atoms with Gasteiger partial charge in [0.25, 0.3) is 0 Å². The number of hydrogen-bond acceptors (Lipinski definition) is 3. The Balaban J connectivity index is 1.92. The highest BCUT2D eigenvalue weighted by Gasteiger charge is 2.23. The van der Waals surface area contributed by atoms with Crippen LogP contribution in [0.25, 0.3) is 0 Å². The van der Waals surface area contributed by atoms with Crippen molar-refractivity contribution in [2.75, 3.05) is 12.4 Å². The predicted octanol–water partition coefficient (Wildman–Crippen LogP) is 4.86. The van der Waals surface area contributed by atoms with Gasteiger partial charge >= 0.3 is 0 Å². The van der Waals surface area contributed by atoms with Crippen molar-refractivity contribution in [1.82, 2.24) is 0 Å². The van der Waals surface area contributed by atoms with E-state index in [2.05, 4.69) is 5.32 Å². The first-order valence-electron chi connectivity index (χ1n) is 8.16. The van der Waals surface area contributed by atoms with Crippen LogP contribution in [0.15, 0.2) is 72.8 Å². The van der Waals surface area contributed by atoms with Crippen LogP contribution >= 0.6 is 0 Å². The average molecular weight is 355 g/mol. The first kappa shape index (κ1) is 17.9. The zero-order valence-electron chi connectivity index (χ0n) is 14.2. The normalized spacial score (nSPS) is 13.1. The predicted molar refractivity (Wildman–Crippen MR) is 97.1 cm³/mol. The van der Waals surface area contributed by atoms with Crippen molar-refractivity contribution in [3.05, 3.63) is 95.6 Å². The summed E-state index contributed by atoms with van der Waals surface area (Å²) in [5.74, 6) is -0.0106. The van der Waals surface area contributed by atoms with Crippen LogP contribution in [0.4, 0.5) is 14.5 Å². The summed E-state index contributed by atoms with van der Waals surface area (Å²) in [6.07, 6.45) is -0.955. The van der Waals surface area contributed by atoms with E-state index in [4.69, 9.17) is 4.74 Å². The minimum absolute atomic E-state index is 0.354. The van der Waals surface area contributed by atoms with Gasteiger partial charge in [-0.25, -0.2) is 8.78 Å². The van der Waals surface area contributed by atoms with Crippen molar-refractivity contribution in [2.45, 2.75) is 12.1 Å². The van der Waals surface area contributed by atoms with Crippen LogP contribution in [0.5, 0.6) is 5.75 Å². The number of hydrogen-bond donors (Lipinski definition) is 2. The van der Waals surface area contributed by atoms with Crippen molar-refractivity contribution in [1.29, 1.82) is 0 Å². The third-order valence-corrected chi connectivity index (χ3v) is 4.17.